The largest absolute Gasteiger partial charge is 0.382 e. The average molecular weight is 478 g/mol. The Balaban J connectivity index is 0.00000338. The summed E-state index contributed by atoms with van der Waals surface area (Å²) in [5.41, 5.74) is 0. The lowest BCUT2D eigenvalue weighted by molar-refractivity contribution is 0.145. The van der Waals surface area contributed by atoms with Crippen molar-refractivity contribution in [1.29, 1.82) is 0 Å². The smallest absolute Gasteiger partial charge is 0.191 e. The number of hydrogen-bond donors (Lipinski definition) is 2. The third kappa shape index (κ3) is 7.77. The first-order valence-corrected chi connectivity index (χ1v) is 9.57. The van der Waals surface area contributed by atoms with Gasteiger partial charge in [0.25, 0.3) is 0 Å². The molecule has 8 heteroatoms. The number of rotatable bonds is 8. The minimum atomic E-state index is 0. The number of hydrogen-bond acceptors (Lipinski definition) is 4. The molecular weight excluding hydrogens is 443 g/mol. The van der Waals surface area contributed by atoms with Crippen molar-refractivity contribution in [3.63, 3.8) is 0 Å². The van der Waals surface area contributed by atoms with Crippen LogP contribution in [0.25, 0.3) is 0 Å². The van der Waals surface area contributed by atoms with Crippen molar-refractivity contribution in [3.8, 4) is 0 Å². The van der Waals surface area contributed by atoms with Crippen LogP contribution in [0.3, 0.4) is 0 Å². The highest BCUT2D eigenvalue weighted by Crippen LogP contribution is 2.23. The Labute approximate surface area is 174 Å². The molecular formula is C18H35IN6O. The normalized spacial score (nSPS) is 20.5. The van der Waals surface area contributed by atoms with Gasteiger partial charge in [-0.25, -0.2) is 4.99 Å². The first kappa shape index (κ1) is 23.1. The maximum atomic E-state index is 5.40. The Bertz CT molecular complexity index is 540. The summed E-state index contributed by atoms with van der Waals surface area (Å²) in [6, 6.07) is 0.510. The number of nitrogens with one attached hydrogen (secondary N) is 2. The summed E-state index contributed by atoms with van der Waals surface area (Å²) >= 11 is 0. The van der Waals surface area contributed by atoms with Crippen molar-refractivity contribution >= 4 is 29.9 Å². The summed E-state index contributed by atoms with van der Waals surface area (Å²) in [4.78, 5) is 4.73. The number of ether oxygens (including phenoxy) is 1. The van der Waals surface area contributed by atoms with Gasteiger partial charge in [0.1, 0.15) is 12.4 Å². The van der Waals surface area contributed by atoms with Crippen LogP contribution in [0, 0.1) is 12.8 Å². The van der Waals surface area contributed by atoms with Crippen LogP contribution in [-0.4, -0.2) is 46.5 Å². The van der Waals surface area contributed by atoms with Crippen molar-refractivity contribution in [2.75, 3.05) is 19.8 Å². The van der Waals surface area contributed by atoms with E-state index in [-0.39, 0.29) is 24.0 Å². The summed E-state index contributed by atoms with van der Waals surface area (Å²) in [7, 11) is 1.98. The van der Waals surface area contributed by atoms with Crippen molar-refractivity contribution < 1.29 is 4.74 Å². The molecule has 7 nitrogen and oxygen atoms in total. The third-order valence-electron chi connectivity index (χ3n) is 4.88. The molecule has 1 aliphatic rings. The van der Waals surface area contributed by atoms with Gasteiger partial charge in [-0.05, 0) is 51.9 Å². The molecule has 0 aromatic carbocycles. The van der Waals surface area contributed by atoms with E-state index >= 15 is 0 Å². The summed E-state index contributed by atoms with van der Waals surface area (Å²) < 4.78 is 7.39. The molecule has 0 spiro atoms. The summed E-state index contributed by atoms with van der Waals surface area (Å²) in [5, 5.41) is 15.3. The Kier molecular flexibility index (Phi) is 11.1. The molecule has 1 aliphatic carbocycles. The number of aryl methyl sites for hydroxylation is 1. The molecule has 0 radical (unpaired) electrons. The molecule has 1 aromatic heterocycles. The van der Waals surface area contributed by atoms with E-state index in [0.717, 1.165) is 49.7 Å². The van der Waals surface area contributed by atoms with Crippen LogP contribution in [0.5, 0.6) is 0 Å². The minimum absolute atomic E-state index is 0. The van der Waals surface area contributed by atoms with Gasteiger partial charge in [-0.3, -0.25) is 0 Å². The molecule has 0 unspecified atom stereocenters. The number of aromatic nitrogens is 3. The fraction of sp³-hybridized carbons (Fsp3) is 0.833. The molecule has 1 fully saturated rings. The van der Waals surface area contributed by atoms with E-state index in [1.165, 1.54) is 25.7 Å². The van der Waals surface area contributed by atoms with E-state index in [4.69, 9.17) is 9.73 Å². The Morgan fingerprint density at radius 3 is 2.62 bits per heavy atom. The molecule has 2 rings (SSSR count). The number of nitrogens with zero attached hydrogens (tertiary/aromatic N) is 4. The molecule has 26 heavy (non-hydrogen) atoms. The highest BCUT2D eigenvalue weighted by atomic mass is 127. The van der Waals surface area contributed by atoms with Gasteiger partial charge in [-0.2, -0.15) is 0 Å². The van der Waals surface area contributed by atoms with E-state index in [0.29, 0.717) is 12.6 Å². The second kappa shape index (κ2) is 12.5. The number of halogens is 1. The maximum Gasteiger partial charge on any atom is 0.191 e. The number of aliphatic imine (C=N–C) groups is 1. The Hall–Kier alpha value is -0.900. The lowest BCUT2D eigenvalue weighted by Crippen LogP contribution is -2.45. The topological polar surface area (TPSA) is 76.4 Å². The van der Waals surface area contributed by atoms with Gasteiger partial charge >= 0.3 is 0 Å². The monoisotopic (exact) mass is 478 g/mol. The predicted octanol–water partition coefficient (Wildman–Crippen LogP) is 2.78. The van der Waals surface area contributed by atoms with Crippen LogP contribution < -0.4 is 10.6 Å². The Morgan fingerprint density at radius 1 is 1.27 bits per heavy atom. The fourth-order valence-corrected chi connectivity index (χ4v) is 3.01. The first-order valence-electron chi connectivity index (χ1n) is 9.57. The second-order valence-corrected chi connectivity index (χ2v) is 6.97. The molecule has 150 valence electrons. The van der Waals surface area contributed by atoms with Crippen LogP contribution >= 0.6 is 24.0 Å². The van der Waals surface area contributed by atoms with Gasteiger partial charge < -0.3 is 19.9 Å². The molecule has 0 saturated heterocycles. The summed E-state index contributed by atoms with van der Waals surface area (Å²) in [6.45, 7) is 9.25. The van der Waals surface area contributed by atoms with Crippen molar-refractivity contribution in [2.45, 2.75) is 65.5 Å². The molecule has 0 atom stereocenters. The van der Waals surface area contributed by atoms with Gasteiger partial charge in [0.15, 0.2) is 11.8 Å². The number of guanidine groups is 1. The minimum Gasteiger partial charge on any atom is -0.382 e. The van der Waals surface area contributed by atoms with E-state index in [1.807, 2.05) is 25.5 Å². The van der Waals surface area contributed by atoms with Gasteiger partial charge in [-0.1, -0.05) is 6.92 Å². The average Bonchev–Trinajstić information content (AvgIpc) is 2.93. The maximum absolute atomic E-state index is 5.40. The zero-order chi connectivity index (χ0) is 18.1. The van der Waals surface area contributed by atoms with E-state index < -0.39 is 0 Å². The lowest BCUT2D eigenvalue weighted by Gasteiger charge is -2.28. The molecule has 0 amide bonds. The standard InChI is InChI=1S/C18H34N6O.HI/c1-5-25-12-6-11-19-18(21-16-9-7-14(2)8-10-16)20-13-17-23-22-15(3)24(17)4;/h14,16H,5-13H2,1-4H3,(H2,19,20,21);1H. The van der Waals surface area contributed by atoms with Crippen LogP contribution in [0.2, 0.25) is 0 Å². The summed E-state index contributed by atoms with van der Waals surface area (Å²) in [6.07, 6.45) is 5.97. The highest BCUT2D eigenvalue weighted by Gasteiger charge is 2.19. The van der Waals surface area contributed by atoms with E-state index in [9.17, 15) is 0 Å². The van der Waals surface area contributed by atoms with Crippen LogP contribution in [0.4, 0.5) is 0 Å². The predicted molar refractivity (Wildman–Crippen MR) is 116 cm³/mol. The van der Waals surface area contributed by atoms with Crippen LogP contribution in [0.15, 0.2) is 4.99 Å². The van der Waals surface area contributed by atoms with Gasteiger partial charge in [0, 0.05) is 32.8 Å². The molecule has 0 aliphatic heterocycles. The van der Waals surface area contributed by atoms with Crippen molar-refractivity contribution in [2.24, 2.45) is 18.0 Å². The van der Waals surface area contributed by atoms with Crippen LogP contribution in [-0.2, 0) is 18.3 Å². The molecule has 2 N–H and O–H groups in total. The van der Waals surface area contributed by atoms with Crippen molar-refractivity contribution in [3.05, 3.63) is 11.6 Å². The lowest BCUT2D eigenvalue weighted by atomic mass is 9.87. The summed E-state index contributed by atoms with van der Waals surface area (Å²) in [5.74, 6) is 3.51. The van der Waals surface area contributed by atoms with Crippen molar-refractivity contribution in [1.82, 2.24) is 25.4 Å². The SMILES string of the molecule is CCOCCCNC(=NCc1nnc(C)n1C)NC1CCC(C)CC1.I. The van der Waals surface area contributed by atoms with E-state index in [2.05, 4.69) is 27.8 Å². The quantitative estimate of drug-likeness (QED) is 0.260. The van der Waals surface area contributed by atoms with Crippen LogP contribution in [0.1, 0.15) is 57.6 Å². The van der Waals surface area contributed by atoms with E-state index in [1.54, 1.807) is 0 Å². The van der Waals surface area contributed by atoms with Gasteiger partial charge in [-0.15, -0.1) is 34.2 Å². The first-order chi connectivity index (χ1) is 12.1. The zero-order valence-electron chi connectivity index (χ0n) is 16.6. The second-order valence-electron chi connectivity index (χ2n) is 6.97. The van der Waals surface area contributed by atoms with Gasteiger partial charge in [0.05, 0.1) is 0 Å². The molecule has 0 bridgehead atoms. The molecule has 1 aromatic rings. The molecule has 1 heterocycles. The zero-order valence-corrected chi connectivity index (χ0v) is 19.0. The molecule has 1 saturated carbocycles. The van der Waals surface area contributed by atoms with Gasteiger partial charge in [0.2, 0.25) is 0 Å². The third-order valence-corrected chi connectivity index (χ3v) is 4.88. The fourth-order valence-electron chi connectivity index (χ4n) is 3.01. The Morgan fingerprint density at radius 2 is 2.00 bits per heavy atom. The highest BCUT2D eigenvalue weighted by molar-refractivity contribution is 14.0.